The first kappa shape index (κ1) is 31.8. The molecule has 8 heteroatoms. The van der Waals surface area contributed by atoms with Crippen molar-refractivity contribution in [3.63, 3.8) is 0 Å². The van der Waals surface area contributed by atoms with Crippen molar-refractivity contribution in [1.29, 1.82) is 0 Å². The molecule has 3 N–H and O–H groups in total. The summed E-state index contributed by atoms with van der Waals surface area (Å²) in [5.41, 5.74) is 3.51. The molecule has 0 aromatic heterocycles. The molecule has 0 bridgehead atoms. The maximum absolute atomic E-state index is 12.9. The summed E-state index contributed by atoms with van der Waals surface area (Å²) < 4.78 is 5.82. The summed E-state index contributed by atoms with van der Waals surface area (Å²) in [5, 5.41) is 14.6. The molecule has 0 aliphatic carbocycles. The van der Waals surface area contributed by atoms with Gasteiger partial charge >= 0.3 is 12.0 Å². The van der Waals surface area contributed by atoms with Crippen LogP contribution < -0.4 is 15.4 Å². The van der Waals surface area contributed by atoms with Gasteiger partial charge in [-0.15, -0.1) is 12.8 Å². The minimum atomic E-state index is -0.982. The van der Waals surface area contributed by atoms with Gasteiger partial charge in [-0.2, -0.15) is 0 Å². The molecule has 0 spiro atoms. The van der Waals surface area contributed by atoms with Crippen molar-refractivity contribution in [2.75, 3.05) is 13.2 Å². The SMILES string of the molecule is C#C.C/C=C\C(C)=C(/C)NC(=O)N/C(C)=C/C=C(\C)CC(=O)N1CCCC1COc1ccc(C(=O)O)cc1. The van der Waals surface area contributed by atoms with Crippen LogP contribution >= 0.6 is 0 Å². The lowest BCUT2D eigenvalue weighted by molar-refractivity contribution is -0.131. The van der Waals surface area contributed by atoms with Crippen LogP contribution in [0, 0.1) is 12.8 Å². The number of terminal acetylenes is 1. The Morgan fingerprint density at radius 2 is 1.74 bits per heavy atom. The molecular weight excluding hydrogens is 482 g/mol. The van der Waals surface area contributed by atoms with Crippen LogP contribution in [0.2, 0.25) is 0 Å². The predicted molar refractivity (Wildman–Crippen MR) is 151 cm³/mol. The van der Waals surface area contributed by atoms with Gasteiger partial charge in [-0.3, -0.25) is 4.79 Å². The largest absolute Gasteiger partial charge is 0.491 e. The number of nitrogens with zero attached hydrogens (tertiary/aromatic N) is 1. The molecule has 1 aliphatic heterocycles. The zero-order valence-electron chi connectivity index (χ0n) is 22.9. The standard InChI is InChI=1S/C28H37N3O5.C2H2/c1-6-8-20(3)22(5)30-28(35)29-21(4)11-10-19(2)17-26(32)31-16-7-9-24(31)18-36-25-14-12-23(13-15-25)27(33)34;1-2/h6,8,10-15,24H,7,9,16-18H2,1-5H3,(H,33,34)(H2,29,30,35);1-2H/b8-6-,19-10+,21-11+,22-20+;. The van der Waals surface area contributed by atoms with E-state index in [1.165, 1.54) is 12.1 Å². The molecular formula is C30H39N3O5. The number of likely N-dealkylation sites (tertiary alicyclic amines) is 1. The summed E-state index contributed by atoms with van der Waals surface area (Å²) in [6.45, 7) is 10.4. The molecule has 8 nitrogen and oxygen atoms in total. The molecule has 38 heavy (non-hydrogen) atoms. The van der Waals surface area contributed by atoms with Crippen molar-refractivity contribution < 1.29 is 24.2 Å². The number of carbonyl (C=O) groups is 3. The molecule has 1 heterocycles. The first-order valence-corrected chi connectivity index (χ1v) is 12.4. The topological polar surface area (TPSA) is 108 Å². The number of carboxylic acids is 1. The van der Waals surface area contributed by atoms with E-state index in [1.807, 2.05) is 50.8 Å². The van der Waals surface area contributed by atoms with Gasteiger partial charge in [0.2, 0.25) is 5.91 Å². The first-order chi connectivity index (χ1) is 18.1. The highest BCUT2D eigenvalue weighted by Crippen LogP contribution is 2.21. The third-order valence-corrected chi connectivity index (χ3v) is 5.91. The number of hydrogen-bond acceptors (Lipinski definition) is 4. The summed E-state index contributed by atoms with van der Waals surface area (Å²) in [6, 6.07) is 5.92. The third kappa shape index (κ3) is 10.8. The number of urea groups is 1. The Kier molecular flexibility index (Phi) is 13.8. The van der Waals surface area contributed by atoms with Crippen LogP contribution in [0.5, 0.6) is 5.75 Å². The maximum Gasteiger partial charge on any atom is 0.335 e. The summed E-state index contributed by atoms with van der Waals surface area (Å²) in [6.07, 6.45) is 17.5. The highest BCUT2D eigenvalue weighted by molar-refractivity contribution is 5.87. The van der Waals surface area contributed by atoms with Crippen LogP contribution in [-0.2, 0) is 4.79 Å². The zero-order valence-corrected chi connectivity index (χ0v) is 22.9. The van der Waals surface area contributed by atoms with E-state index < -0.39 is 5.97 Å². The van der Waals surface area contributed by atoms with Gasteiger partial charge in [0.25, 0.3) is 0 Å². The molecule has 1 aromatic rings. The molecule has 204 valence electrons. The van der Waals surface area contributed by atoms with Crippen LogP contribution in [0.1, 0.15) is 64.2 Å². The predicted octanol–water partition coefficient (Wildman–Crippen LogP) is 5.41. The van der Waals surface area contributed by atoms with E-state index >= 15 is 0 Å². The van der Waals surface area contributed by atoms with E-state index in [1.54, 1.807) is 25.1 Å². The minimum absolute atomic E-state index is 0.0191. The third-order valence-electron chi connectivity index (χ3n) is 5.91. The van der Waals surface area contributed by atoms with Gasteiger partial charge in [-0.05, 0) is 83.4 Å². The van der Waals surface area contributed by atoms with E-state index in [-0.39, 0.29) is 30.0 Å². The summed E-state index contributed by atoms with van der Waals surface area (Å²) in [4.78, 5) is 37.9. The van der Waals surface area contributed by atoms with Gasteiger partial charge in [0.05, 0.1) is 11.6 Å². The van der Waals surface area contributed by atoms with Gasteiger partial charge in [-0.1, -0.05) is 23.8 Å². The van der Waals surface area contributed by atoms with Crippen molar-refractivity contribution in [3.8, 4) is 18.6 Å². The molecule has 1 atom stereocenters. The fourth-order valence-electron chi connectivity index (χ4n) is 3.79. The number of allylic oxidation sites excluding steroid dienone is 7. The molecule has 1 aliphatic rings. The van der Waals surface area contributed by atoms with Crippen LogP contribution in [0.15, 0.2) is 71.1 Å². The second-order valence-electron chi connectivity index (χ2n) is 8.95. The second-order valence-corrected chi connectivity index (χ2v) is 8.95. The number of rotatable bonds is 10. The summed E-state index contributed by atoms with van der Waals surface area (Å²) >= 11 is 0. The Balaban J connectivity index is 0.00000352. The van der Waals surface area contributed by atoms with Crippen LogP contribution in [0.25, 0.3) is 0 Å². The molecule has 0 saturated carbocycles. The number of benzene rings is 1. The van der Waals surface area contributed by atoms with Crippen LogP contribution in [0.3, 0.4) is 0 Å². The lowest BCUT2D eigenvalue weighted by Gasteiger charge is -2.25. The lowest BCUT2D eigenvalue weighted by Crippen LogP contribution is -2.39. The van der Waals surface area contributed by atoms with Gasteiger partial charge in [-0.25, -0.2) is 9.59 Å². The first-order valence-electron chi connectivity index (χ1n) is 12.4. The molecule has 1 aromatic carbocycles. The van der Waals surface area contributed by atoms with E-state index in [0.717, 1.165) is 29.7 Å². The van der Waals surface area contributed by atoms with Crippen LogP contribution in [0.4, 0.5) is 4.79 Å². The van der Waals surface area contributed by atoms with Gasteiger partial charge in [0.1, 0.15) is 12.4 Å². The number of aromatic carboxylic acids is 1. The number of amides is 3. The normalized spacial score (nSPS) is 16.3. The van der Waals surface area contributed by atoms with E-state index in [4.69, 9.17) is 9.84 Å². The van der Waals surface area contributed by atoms with Crippen molar-refractivity contribution in [3.05, 3.63) is 76.7 Å². The number of hydrogen-bond donors (Lipinski definition) is 3. The molecule has 1 fully saturated rings. The highest BCUT2D eigenvalue weighted by atomic mass is 16.5. The van der Waals surface area contributed by atoms with Crippen LogP contribution in [-0.4, -0.2) is 47.1 Å². The Labute approximate surface area is 226 Å². The highest BCUT2D eigenvalue weighted by Gasteiger charge is 2.29. The quantitative estimate of drug-likeness (QED) is 0.282. The Bertz CT molecular complexity index is 1110. The van der Waals surface area contributed by atoms with Crippen molar-refractivity contribution in [2.24, 2.45) is 0 Å². The molecule has 2 rings (SSSR count). The van der Waals surface area contributed by atoms with Gasteiger partial charge < -0.3 is 25.4 Å². The van der Waals surface area contributed by atoms with E-state index in [2.05, 4.69) is 23.5 Å². The summed E-state index contributed by atoms with van der Waals surface area (Å²) in [5.74, 6) is -0.368. The van der Waals surface area contributed by atoms with Crippen molar-refractivity contribution >= 4 is 17.9 Å². The molecule has 1 saturated heterocycles. The molecule has 1 unspecified atom stereocenters. The fraction of sp³-hybridized carbons (Fsp3) is 0.367. The zero-order chi connectivity index (χ0) is 28.7. The lowest BCUT2D eigenvalue weighted by atomic mass is 10.1. The van der Waals surface area contributed by atoms with Crippen molar-refractivity contribution in [2.45, 2.75) is 59.9 Å². The number of carboxylic acid groups (broad SMARTS) is 1. The minimum Gasteiger partial charge on any atom is -0.491 e. The molecule has 0 radical (unpaired) electrons. The Morgan fingerprint density at radius 3 is 2.34 bits per heavy atom. The Hall–Kier alpha value is -4.25. The smallest absolute Gasteiger partial charge is 0.335 e. The maximum atomic E-state index is 12.9. The summed E-state index contributed by atoms with van der Waals surface area (Å²) in [7, 11) is 0. The monoisotopic (exact) mass is 521 g/mol. The van der Waals surface area contributed by atoms with Gasteiger partial charge in [0, 0.05) is 24.4 Å². The van der Waals surface area contributed by atoms with E-state index in [9.17, 15) is 14.4 Å². The van der Waals surface area contributed by atoms with Gasteiger partial charge in [0.15, 0.2) is 0 Å². The Morgan fingerprint density at radius 1 is 1.08 bits per heavy atom. The second kappa shape index (κ2) is 16.5. The van der Waals surface area contributed by atoms with Crippen molar-refractivity contribution in [1.82, 2.24) is 15.5 Å². The average Bonchev–Trinajstić information content (AvgIpc) is 3.36. The number of carbonyl (C=O) groups excluding carboxylic acids is 2. The number of ether oxygens (including phenoxy) is 1. The number of nitrogens with one attached hydrogen (secondary N) is 2. The average molecular weight is 522 g/mol. The van der Waals surface area contributed by atoms with E-state index in [0.29, 0.717) is 24.6 Å². The molecule has 3 amide bonds. The fourth-order valence-corrected chi connectivity index (χ4v) is 3.79.